The van der Waals surface area contributed by atoms with Gasteiger partial charge in [-0.05, 0) is 30.5 Å². The molecule has 3 N–H and O–H groups in total. The van der Waals surface area contributed by atoms with E-state index < -0.39 is 15.8 Å². The largest absolute Gasteiger partial charge is 0.326 e. The Morgan fingerprint density at radius 3 is 2.38 bits per heavy atom. The third kappa shape index (κ3) is 4.49. The first-order valence-electron chi connectivity index (χ1n) is 7.54. The van der Waals surface area contributed by atoms with Crippen molar-refractivity contribution in [1.29, 1.82) is 0 Å². The van der Waals surface area contributed by atoms with Gasteiger partial charge in [0.2, 0.25) is 10.0 Å². The molecule has 0 aliphatic heterocycles. The fourth-order valence-electron chi connectivity index (χ4n) is 2.80. The number of halogens is 1. The van der Waals surface area contributed by atoms with Gasteiger partial charge in [-0.1, -0.05) is 38.2 Å². The van der Waals surface area contributed by atoms with E-state index in [9.17, 15) is 12.8 Å². The lowest BCUT2D eigenvalue weighted by atomic mass is 9.97. The number of rotatable bonds is 4. The van der Waals surface area contributed by atoms with Crippen LogP contribution in [0.1, 0.15) is 50.5 Å². The average Bonchev–Trinajstić information content (AvgIpc) is 2.41. The smallest absolute Gasteiger partial charge is 0.241 e. The van der Waals surface area contributed by atoms with E-state index in [0.29, 0.717) is 5.56 Å². The molecule has 0 radical (unpaired) electrons. The van der Waals surface area contributed by atoms with Gasteiger partial charge in [-0.2, -0.15) is 0 Å². The normalized spacial score (nSPS) is 18.2. The summed E-state index contributed by atoms with van der Waals surface area (Å²) in [6, 6.07) is 3.65. The molecule has 1 aromatic carbocycles. The second-order valence-corrected chi connectivity index (χ2v) is 7.30. The molecule has 118 valence electrons. The molecule has 1 aliphatic carbocycles. The van der Waals surface area contributed by atoms with Crippen LogP contribution < -0.4 is 10.5 Å². The van der Waals surface area contributed by atoms with E-state index in [2.05, 4.69) is 4.72 Å². The van der Waals surface area contributed by atoms with Crippen LogP contribution in [0.5, 0.6) is 0 Å². The Bertz CT molecular complexity index is 567. The van der Waals surface area contributed by atoms with Gasteiger partial charge in [0.15, 0.2) is 0 Å². The van der Waals surface area contributed by atoms with E-state index in [1.807, 2.05) is 0 Å². The number of hydrogen-bond acceptors (Lipinski definition) is 3. The average molecular weight is 314 g/mol. The van der Waals surface area contributed by atoms with Gasteiger partial charge in [-0.3, -0.25) is 0 Å². The van der Waals surface area contributed by atoms with Crippen molar-refractivity contribution in [1.82, 2.24) is 4.72 Å². The maximum absolute atomic E-state index is 13.4. The molecule has 1 fully saturated rings. The number of sulfonamides is 1. The van der Waals surface area contributed by atoms with Gasteiger partial charge in [0.05, 0.1) is 4.90 Å². The molecule has 0 spiro atoms. The predicted molar refractivity (Wildman–Crippen MR) is 80.7 cm³/mol. The molecule has 0 amide bonds. The lowest BCUT2D eigenvalue weighted by Crippen LogP contribution is -2.36. The molecule has 0 aromatic heterocycles. The highest BCUT2D eigenvalue weighted by atomic mass is 32.2. The zero-order valence-corrected chi connectivity index (χ0v) is 13.0. The fourth-order valence-corrected chi connectivity index (χ4v) is 4.37. The topological polar surface area (TPSA) is 72.2 Å². The second-order valence-electron chi connectivity index (χ2n) is 5.62. The van der Waals surface area contributed by atoms with Crippen molar-refractivity contribution in [3.8, 4) is 0 Å². The number of hydrogen-bond donors (Lipinski definition) is 2. The Kier molecular flexibility index (Phi) is 5.72. The third-order valence-electron chi connectivity index (χ3n) is 3.97. The highest BCUT2D eigenvalue weighted by Gasteiger charge is 2.23. The summed E-state index contributed by atoms with van der Waals surface area (Å²) in [5, 5.41) is 0. The molecule has 2 rings (SSSR count). The molecule has 0 unspecified atom stereocenters. The van der Waals surface area contributed by atoms with E-state index in [4.69, 9.17) is 5.73 Å². The van der Waals surface area contributed by atoms with E-state index in [-0.39, 0.29) is 17.5 Å². The molecule has 1 aliphatic rings. The van der Waals surface area contributed by atoms with Crippen LogP contribution in [0.25, 0.3) is 0 Å². The van der Waals surface area contributed by atoms with Crippen LogP contribution in [0.2, 0.25) is 0 Å². The van der Waals surface area contributed by atoms with E-state index in [1.54, 1.807) is 0 Å². The van der Waals surface area contributed by atoms with Gasteiger partial charge in [-0.25, -0.2) is 17.5 Å². The molecule has 1 saturated carbocycles. The number of nitrogens with two attached hydrogens (primary N) is 1. The second kappa shape index (κ2) is 7.33. The van der Waals surface area contributed by atoms with E-state index in [0.717, 1.165) is 44.6 Å². The standard InChI is InChI=1S/C15H23FN2O2S/c16-13-9-8-12(11-17)15(10-13)21(19,20)18-14-6-4-2-1-3-5-7-14/h8-10,14,18H,1-7,11,17H2. The monoisotopic (exact) mass is 314 g/mol. The molecule has 0 atom stereocenters. The van der Waals surface area contributed by atoms with Crippen molar-refractivity contribution in [2.75, 3.05) is 0 Å². The first kappa shape index (κ1) is 16.4. The minimum Gasteiger partial charge on any atom is -0.326 e. The molecule has 4 nitrogen and oxygen atoms in total. The Labute approximate surface area is 126 Å². The van der Waals surface area contributed by atoms with Crippen molar-refractivity contribution in [3.63, 3.8) is 0 Å². The quantitative estimate of drug-likeness (QED) is 0.897. The highest BCUT2D eigenvalue weighted by molar-refractivity contribution is 7.89. The van der Waals surface area contributed by atoms with Gasteiger partial charge in [-0.15, -0.1) is 0 Å². The van der Waals surface area contributed by atoms with Crippen LogP contribution in [0.4, 0.5) is 4.39 Å². The Hall–Kier alpha value is -0.980. The predicted octanol–water partition coefficient (Wildman–Crippen LogP) is 2.68. The third-order valence-corrected chi connectivity index (χ3v) is 5.57. The van der Waals surface area contributed by atoms with Crippen molar-refractivity contribution >= 4 is 10.0 Å². The van der Waals surface area contributed by atoms with Crippen LogP contribution in [0.15, 0.2) is 23.1 Å². The minimum atomic E-state index is -3.72. The molecular weight excluding hydrogens is 291 g/mol. The summed E-state index contributed by atoms with van der Waals surface area (Å²) < 4.78 is 41.1. The summed E-state index contributed by atoms with van der Waals surface area (Å²) in [7, 11) is -3.72. The summed E-state index contributed by atoms with van der Waals surface area (Å²) >= 11 is 0. The van der Waals surface area contributed by atoms with Gasteiger partial charge < -0.3 is 5.73 Å². The summed E-state index contributed by atoms with van der Waals surface area (Å²) in [5.74, 6) is -0.565. The van der Waals surface area contributed by atoms with Crippen molar-refractivity contribution < 1.29 is 12.8 Å². The molecular formula is C15H23FN2O2S. The molecule has 1 aromatic rings. The minimum absolute atomic E-state index is 0.0351. The molecule has 0 bridgehead atoms. The highest BCUT2D eigenvalue weighted by Crippen LogP contribution is 2.21. The van der Waals surface area contributed by atoms with Crippen LogP contribution in [0.3, 0.4) is 0 Å². The van der Waals surface area contributed by atoms with Gasteiger partial charge in [0, 0.05) is 12.6 Å². The molecule has 0 saturated heterocycles. The van der Waals surface area contributed by atoms with Crippen LogP contribution in [-0.4, -0.2) is 14.5 Å². The Morgan fingerprint density at radius 1 is 1.14 bits per heavy atom. The van der Waals surface area contributed by atoms with Crippen LogP contribution in [-0.2, 0) is 16.6 Å². The van der Waals surface area contributed by atoms with Crippen molar-refractivity contribution in [2.24, 2.45) is 5.73 Å². The zero-order valence-electron chi connectivity index (χ0n) is 12.1. The van der Waals surface area contributed by atoms with Gasteiger partial charge in [0.1, 0.15) is 5.82 Å². The number of nitrogens with one attached hydrogen (secondary N) is 1. The summed E-state index contributed by atoms with van der Waals surface area (Å²) in [6.07, 6.45) is 7.25. The molecule has 0 heterocycles. The van der Waals surface area contributed by atoms with Gasteiger partial charge in [0.25, 0.3) is 0 Å². The summed E-state index contributed by atoms with van der Waals surface area (Å²) in [5.41, 5.74) is 6.00. The zero-order chi connectivity index (χ0) is 15.3. The fraction of sp³-hybridized carbons (Fsp3) is 0.600. The number of benzene rings is 1. The van der Waals surface area contributed by atoms with Crippen molar-refractivity contribution in [2.45, 2.75) is 62.4 Å². The molecule has 21 heavy (non-hydrogen) atoms. The lowest BCUT2D eigenvalue weighted by molar-refractivity contribution is 0.426. The van der Waals surface area contributed by atoms with Crippen molar-refractivity contribution in [3.05, 3.63) is 29.6 Å². The molecule has 6 heteroatoms. The van der Waals surface area contributed by atoms with Gasteiger partial charge >= 0.3 is 0 Å². The van der Waals surface area contributed by atoms with E-state index >= 15 is 0 Å². The lowest BCUT2D eigenvalue weighted by Gasteiger charge is -2.21. The van der Waals surface area contributed by atoms with E-state index in [1.165, 1.54) is 18.6 Å². The van der Waals surface area contributed by atoms with Crippen LogP contribution >= 0.6 is 0 Å². The summed E-state index contributed by atoms with van der Waals surface area (Å²) in [6.45, 7) is 0.0706. The first-order valence-corrected chi connectivity index (χ1v) is 9.02. The SMILES string of the molecule is NCc1ccc(F)cc1S(=O)(=O)NC1CCCCCCC1. The Balaban J connectivity index is 2.19. The maximum atomic E-state index is 13.4. The first-order chi connectivity index (χ1) is 10.0. The summed E-state index contributed by atoms with van der Waals surface area (Å²) in [4.78, 5) is -0.0351. The maximum Gasteiger partial charge on any atom is 0.241 e. The van der Waals surface area contributed by atoms with Crippen LogP contribution in [0, 0.1) is 5.82 Å². The Morgan fingerprint density at radius 2 is 1.76 bits per heavy atom.